The van der Waals surface area contributed by atoms with Crippen LogP contribution in [0.2, 0.25) is 0 Å². The van der Waals surface area contributed by atoms with Crippen LogP contribution in [-0.4, -0.2) is 50.1 Å². The summed E-state index contributed by atoms with van der Waals surface area (Å²) in [7, 11) is -0.904. The molecule has 6 heteroatoms. The lowest BCUT2D eigenvalue weighted by atomic mass is 9.88. The number of rotatable bonds is 4. The molecule has 0 spiro atoms. The van der Waals surface area contributed by atoms with Gasteiger partial charge >= 0.3 is 0 Å². The molecule has 0 bridgehead atoms. The molecular weight excluding hydrogens is 332 g/mol. The molecule has 4 nitrogen and oxygen atoms in total. The van der Waals surface area contributed by atoms with Crippen LogP contribution in [0.4, 0.5) is 0 Å². The molecule has 0 aromatic heterocycles. The molecule has 3 rings (SSSR count). The first-order chi connectivity index (χ1) is 10.4. The second-order valence-corrected chi connectivity index (χ2v) is 8.89. The van der Waals surface area contributed by atoms with Crippen LogP contribution in [0.1, 0.15) is 30.5 Å². The maximum atomic E-state index is 12.4. The molecule has 0 saturated carbocycles. The molecule has 130 valence electrons. The van der Waals surface area contributed by atoms with Gasteiger partial charge in [-0.25, -0.2) is 12.7 Å². The number of benzene rings is 1. The van der Waals surface area contributed by atoms with Crippen LogP contribution >= 0.6 is 12.4 Å². The first-order valence-electron chi connectivity index (χ1n) is 8.17. The fraction of sp³-hybridized carbons (Fsp3) is 0.647. The highest BCUT2D eigenvalue weighted by Crippen LogP contribution is 2.45. The summed E-state index contributed by atoms with van der Waals surface area (Å²) in [5, 5.41) is 0. The Kier molecular flexibility index (Phi) is 5.77. The highest BCUT2D eigenvalue weighted by molar-refractivity contribution is 7.89. The Bertz CT molecular complexity index is 650. The van der Waals surface area contributed by atoms with Gasteiger partial charge in [0.1, 0.15) is 0 Å². The quantitative estimate of drug-likeness (QED) is 0.830. The van der Waals surface area contributed by atoms with Crippen LogP contribution in [0.15, 0.2) is 24.3 Å². The highest BCUT2D eigenvalue weighted by atomic mass is 35.5. The van der Waals surface area contributed by atoms with Gasteiger partial charge in [-0.05, 0) is 43.4 Å². The van der Waals surface area contributed by atoms with E-state index in [-0.39, 0.29) is 18.2 Å². The first-order valence-corrected chi connectivity index (χ1v) is 9.78. The van der Waals surface area contributed by atoms with Gasteiger partial charge in [-0.3, -0.25) is 4.90 Å². The lowest BCUT2D eigenvalue weighted by molar-refractivity contribution is 0.260. The summed E-state index contributed by atoms with van der Waals surface area (Å²) in [5.41, 5.74) is 2.65. The van der Waals surface area contributed by atoms with Gasteiger partial charge in [-0.15, -0.1) is 12.4 Å². The second-order valence-electron chi connectivity index (χ2n) is 6.80. The normalized spacial score (nSPS) is 28.6. The van der Waals surface area contributed by atoms with E-state index in [0.29, 0.717) is 37.4 Å². The lowest BCUT2D eigenvalue weighted by Crippen LogP contribution is -2.34. The Balaban J connectivity index is 0.00000192. The first kappa shape index (κ1) is 18.7. The number of nitrogens with zero attached hydrogens (tertiary/aromatic N) is 2. The third-order valence-corrected chi connectivity index (χ3v) is 7.23. The molecule has 0 N–H and O–H groups in total. The summed E-state index contributed by atoms with van der Waals surface area (Å²) in [6.07, 6.45) is 0.690. The summed E-state index contributed by atoms with van der Waals surface area (Å²) in [5.74, 6) is 1.15. The topological polar surface area (TPSA) is 40.6 Å². The predicted molar refractivity (Wildman–Crippen MR) is 96.4 cm³/mol. The van der Waals surface area contributed by atoms with Gasteiger partial charge < -0.3 is 0 Å². The SMILES string of the molecule is CCCS(=O)(=O)N1C[C@@H]2CN(C)[C@@H](c3ccccc3C)[C@@H]2C1.Cl. The van der Waals surface area contributed by atoms with E-state index in [4.69, 9.17) is 0 Å². The molecule has 0 unspecified atom stereocenters. The van der Waals surface area contributed by atoms with Gasteiger partial charge in [0.15, 0.2) is 0 Å². The Morgan fingerprint density at radius 2 is 1.87 bits per heavy atom. The number of hydrogen-bond donors (Lipinski definition) is 0. The molecule has 0 aliphatic carbocycles. The fourth-order valence-corrected chi connectivity index (χ4v) is 5.81. The summed E-state index contributed by atoms with van der Waals surface area (Å²) < 4.78 is 26.5. The Morgan fingerprint density at radius 1 is 1.17 bits per heavy atom. The number of hydrogen-bond acceptors (Lipinski definition) is 3. The molecule has 1 aromatic carbocycles. The number of fused-ring (bicyclic) bond motifs is 1. The van der Waals surface area contributed by atoms with Gasteiger partial charge in [0.25, 0.3) is 0 Å². The van der Waals surface area contributed by atoms with E-state index in [1.807, 2.05) is 6.92 Å². The zero-order valence-electron chi connectivity index (χ0n) is 14.1. The molecule has 1 aromatic rings. The van der Waals surface area contributed by atoms with E-state index in [0.717, 1.165) is 6.54 Å². The van der Waals surface area contributed by atoms with Crippen molar-refractivity contribution < 1.29 is 8.42 Å². The van der Waals surface area contributed by atoms with Crippen molar-refractivity contribution >= 4 is 22.4 Å². The molecule has 2 saturated heterocycles. The molecular formula is C17H27ClN2O2S. The van der Waals surface area contributed by atoms with E-state index in [2.05, 4.69) is 43.1 Å². The van der Waals surface area contributed by atoms with Gasteiger partial charge in [0.05, 0.1) is 5.75 Å². The van der Waals surface area contributed by atoms with Crippen molar-refractivity contribution in [1.82, 2.24) is 9.21 Å². The maximum absolute atomic E-state index is 12.4. The van der Waals surface area contributed by atoms with Crippen molar-refractivity contribution in [2.45, 2.75) is 26.3 Å². The summed E-state index contributed by atoms with van der Waals surface area (Å²) in [6.45, 7) is 6.44. The van der Waals surface area contributed by atoms with Gasteiger partial charge in [-0.1, -0.05) is 31.2 Å². The second kappa shape index (κ2) is 7.09. The Hall–Kier alpha value is -0.620. The number of aryl methyl sites for hydroxylation is 1. The molecule has 3 atom stereocenters. The minimum atomic E-state index is -3.07. The average Bonchev–Trinajstić information content (AvgIpc) is 2.97. The van der Waals surface area contributed by atoms with Crippen LogP contribution < -0.4 is 0 Å². The fourth-order valence-electron chi connectivity index (χ4n) is 4.22. The Labute approximate surface area is 146 Å². The third-order valence-electron chi connectivity index (χ3n) is 5.22. The zero-order valence-corrected chi connectivity index (χ0v) is 15.7. The van der Waals surface area contributed by atoms with Crippen LogP contribution in [0.25, 0.3) is 0 Å². The monoisotopic (exact) mass is 358 g/mol. The van der Waals surface area contributed by atoms with Crippen molar-refractivity contribution in [2.75, 3.05) is 32.4 Å². The zero-order chi connectivity index (χ0) is 15.9. The number of likely N-dealkylation sites (tertiary alicyclic amines) is 1. The summed E-state index contributed by atoms with van der Waals surface area (Å²) >= 11 is 0. The average molecular weight is 359 g/mol. The van der Waals surface area contributed by atoms with E-state index < -0.39 is 10.0 Å². The summed E-state index contributed by atoms with van der Waals surface area (Å²) in [4.78, 5) is 2.40. The largest absolute Gasteiger partial charge is 0.299 e. The van der Waals surface area contributed by atoms with Gasteiger partial charge in [0.2, 0.25) is 10.0 Å². The van der Waals surface area contributed by atoms with E-state index in [9.17, 15) is 8.42 Å². The minimum absolute atomic E-state index is 0. The van der Waals surface area contributed by atoms with Crippen molar-refractivity contribution in [3.63, 3.8) is 0 Å². The van der Waals surface area contributed by atoms with Crippen molar-refractivity contribution in [1.29, 1.82) is 0 Å². The van der Waals surface area contributed by atoms with Gasteiger partial charge in [-0.2, -0.15) is 0 Å². The molecule has 23 heavy (non-hydrogen) atoms. The number of halogens is 1. The van der Waals surface area contributed by atoms with E-state index in [1.165, 1.54) is 11.1 Å². The van der Waals surface area contributed by atoms with Gasteiger partial charge in [0, 0.05) is 25.7 Å². The van der Waals surface area contributed by atoms with Crippen molar-refractivity contribution in [2.24, 2.45) is 11.8 Å². The van der Waals surface area contributed by atoms with Crippen LogP contribution in [-0.2, 0) is 10.0 Å². The van der Waals surface area contributed by atoms with Crippen molar-refractivity contribution in [3.05, 3.63) is 35.4 Å². The number of sulfonamides is 1. The molecule has 2 aliphatic heterocycles. The molecule has 2 fully saturated rings. The summed E-state index contributed by atoms with van der Waals surface area (Å²) in [6, 6.07) is 8.84. The molecule has 0 amide bonds. The predicted octanol–water partition coefficient (Wildman–Crippen LogP) is 2.69. The standard InChI is InChI=1S/C17H26N2O2S.ClH/c1-4-9-22(20,21)19-11-14-10-18(3)17(16(14)12-19)15-8-6-5-7-13(15)2;/h5-8,14,16-17H,4,9-12H2,1-3H3;1H/t14-,16+,17-;/m0./s1. The molecule has 2 heterocycles. The van der Waals surface area contributed by atoms with Crippen LogP contribution in [0.3, 0.4) is 0 Å². The minimum Gasteiger partial charge on any atom is -0.299 e. The van der Waals surface area contributed by atoms with E-state index in [1.54, 1.807) is 4.31 Å². The molecule has 0 radical (unpaired) electrons. The van der Waals surface area contributed by atoms with E-state index >= 15 is 0 Å². The highest BCUT2D eigenvalue weighted by Gasteiger charge is 2.48. The van der Waals surface area contributed by atoms with Crippen LogP contribution in [0, 0.1) is 18.8 Å². The third kappa shape index (κ3) is 3.43. The smallest absolute Gasteiger partial charge is 0.214 e. The van der Waals surface area contributed by atoms with Crippen LogP contribution in [0.5, 0.6) is 0 Å². The van der Waals surface area contributed by atoms with Crippen molar-refractivity contribution in [3.8, 4) is 0 Å². The Morgan fingerprint density at radius 3 is 2.52 bits per heavy atom. The lowest BCUT2D eigenvalue weighted by Gasteiger charge is -2.27. The molecule has 2 aliphatic rings. The maximum Gasteiger partial charge on any atom is 0.214 e.